The number of nitrogens with zero attached hydrogens (tertiary/aromatic N) is 6. The fourth-order valence-corrected chi connectivity index (χ4v) is 9.15. The molecule has 3 aromatic heterocycles. The number of H-pyrrole nitrogens is 1. The van der Waals surface area contributed by atoms with E-state index in [9.17, 15) is 9.18 Å². The minimum atomic E-state index is -0.899. The van der Waals surface area contributed by atoms with Crippen molar-refractivity contribution in [2.75, 3.05) is 44.3 Å². The summed E-state index contributed by atoms with van der Waals surface area (Å²) in [5.41, 5.74) is 2.90. The van der Waals surface area contributed by atoms with Crippen molar-refractivity contribution >= 4 is 33.7 Å². The minimum absolute atomic E-state index is 0.0508. The highest BCUT2D eigenvalue weighted by molar-refractivity contribution is 6.00. The first-order valence-corrected chi connectivity index (χ1v) is 17.3. The predicted molar refractivity (Wildman–Crippen MR) is 175 cm³/mol. The van der Waals surface area contributed by atoms with Gasteiger partial charge in [-0.15, -0.1) is 0 Å². The van der Waals surface area contributed by atoms with E-state index in [1.807, 2.05) is 13.8 Å². The van der Waals surface area contributed by atoms with Crippen LogP contribution in [0.1, 0.15) is 68.9 Å². The lowest BCUT2D eigenvalue weighted by Crippen LogP contribution is -2.57. The summed E-state index contributed by atoms with van der Waals surface area (Å²) >= 11 is 0. The molecule has 0 radical (unpaired) electrons. The highest BCUT2D eigenvalue weighted by Gasteiger charge is 2.49. The Morgan fingerprint density at radius 2 is 2.04 bits per heavy atom. The van der Waals surface area contributed by atoms with Crippen molar-refractivity contribution in [3.05, 3.63) is 35.4 Å². The van der Waals surface area contributed by atoms with Crippen LogP contribution in [0.15, 0.2) is 18.5 Å². The van der Waals surface area contributed by atoms with Gasteiger partial charge in [-0.25, -0.2) is 13.6 Å². The minimum Gasteiger partial charge on any atom is -0.461 e. The zero-order valence-electron chi connectivity index (χ0n) is 27.3. The molecule has 5 atom stereocenters. The first-order valence-electron chi connectivity index (χ1n) is 17.3. The number of aromatic amines is 1. The number of hydrogen-bond donors (Lipinski definition) is 2. The number of fused-ring (bicyclic) bond motifs is 7. The molecule has 0 spiro atoms. The maximum absolute atomic E-state index is 17.3. The van der Waals surface area contributed by atoms with Gasteiger partial charge < -0.3 is 19.7 Å². The van der Waals surface area contributed by atoms with Gasteiger partial charge in [-0.05, 0) is 87.9 Å². The summed E-state index contributed by atoms with van der Waals surface area (Å²) in [5, 5.41) is 11.7. The lowest BCUT2D eigenvalue weighted by molar-refractivity contribution is 0.107. The fraction of sp³-hybridized carbons (Fsp3) is 0.571. The number of aromatic nitrogens is 5. The number of benzene rings is 1. The van der Waals surface area contributed by atoms with Crippen LogP contribution in [0.3, 0.4) is 0 Å². The van der Waals surface area contributed by atoms with E-state index in [0.717, 1.165) is 60.7 Å². The summed E-state index contributed by atoms with van der Waals surface area (Å²) < 4.78 is 43.9. The summed E-state index contributed by atoms with van der Waals surface area (Å²) in [4.78, 5) is 31.7. The number of alkyl halides is 1. The molecule has 5 aliphatic heterocycles. The van der Waals surface area contributed by atoms with Crippen LogP contribution in [-0.4, -0.2) is 92.8 Å². The van der Waals surface area contributed by atoms with Crippen LogP contribution in [0.5, 0.6) is 6.01 Å². The van der Waals surface area contributed by atoms with Crippen LogP contribution in [0.2, 0.25) is 0 Å². The largest absolute Gasteiger partial charge is 0.461 e. The van der Waals surface area contributed by atoms with Gasteiger partial charge >= 0.3 is 12.1 Å². The predicted octanol–water partition coefficient (Wildman–Crippen LogP) is 5.56. The number of carbonyl (C=O) groups is 1. The highest BCUT2D eigenvalue weighted by atomic mass is 19.1. The van der Waals surface area contributed by atoms with E-state index in [1.165, 1.54) is 0 Å². The Morgan fingerprint density at radius 3 is 2.94 bits per heavy atom. The van der Waals surface area contributed by atoms with Gasteiger partial charge in [0.2, 0.25) is 0 Å². The van der Waals surface area contributed by atoms with E-state index in [1.54, 1.807) is 12.4 Å². The molecule has 48 heavy (non-hydrogen) atoms. The zero-order chi connectivity index (χ0) is 32.8. The monoisotopic (exact) mass is 658 g/mol. The number of aryl methyl sites for hydroxylation is 1. The van der Waals surface area contributed by atoms with Crippen molar-refractivity contribution in [2.45, 2.75) is 82.0 Å². The molecule has 0 unspecified atom stereocenters. The van der Waals surface area contributed by atoms with Gasteiger partial charge in [-0.1, -0.05) is 0 Å². The topological polar surface area (TPSA) is 121 Å². The highest BCUT2D eigenvalue weighted by Crippen LogP contribution is 2.55. The summed E-state index contributed by atoms with van der Waals surface area (Å²) in [6.45, 7) is 6.89. The lowest BCUT2D eigenvalue weighted by atomic mass is 9.90. The number of hydrogen-bond acceptors (Lipinski definition) is 9. The standard InChI is InChI=1S/C35H40F2N8O3/c1-19-11-25-23(15-39-43-25)27-26(19)22-12-20(22)5-10-47-33(46)42-34(2)6-3-8-44(17-34)31-24-14-38-30(27)28(37)29(24)40-32(41-31)48-18-35-7-4-9-45(35)16-21(36)13-35/h11,14-15,20-22H,3-10,12-13,16-18H2,1-2H3,(H,39,43)(H,42,46)/t20-,21+,22+,34+,35-/m0/s1. The fourth-order valence-electron chi connectivity index (χ4n) is 9.15. The van der Waals surface area contributed by atoms with Crippen molar-refractivity contribution in [1.82, 2.24) is 35.4 Å². The summed E-state index contributed by atoms with van der Waals surface area (Å²) in [7, 11) is 0. The molecular weight excluding hydrogens is 618 g/mol. The number of nitrogens with one attached hydrogen (secondary N) is 2. The lowest BCUT2D eigenvalue weighted by Gasteiger charge is -2.41. The van der Waals surface area contributed by atoms with E-state index in [0.29, 0.717) is 61.8 Å². The molecular formula is C35H40F2N8O3. The summed E-state index contributed by atoms with van der Waals surface area (Å²) in [5.74, 6) is 0.413. The molecule has 1 amide bonds. The average Bonchev–Trinajstić information content (AvgIpc) is 3.31. The Hall–Kier alpha value is -4.13. The first kappa shape index (κ1) is 30.0. The van der Waals surface area contributed by atoms with Crippen LogP contribution in [-0.2, 0) is 4.74 Å². The Labute approximate surface area is 276 Å². The molecule has 2 N–H and O–H groups in total. The number of halogens is 2. The van der Waals surface area contributed by atoms with Crippen molar-refractivity contribution in [3.63, 3.8) is 0 Å². The van der Waals surface area contributed by atoms with Crippen molar-refractivity contribution in [2.24, 2.45) is 5.92 Å². The molecule has 10 rings (SSSR count). The van der Waals surface area contributed by atoms with E-state index in [-0.39, 0.29) is 29.7 Å². The van der Waals surface area contributed by atoms with Gasteiger partial charge in [0, 0.05) is 43.2 Å². The maximum atomic E-state index is 17.3. The number of anilines is 1. The molecule has 1 saturated carbocycles. The third-order valence-corrected chi connectivity index (χ3v) is 11.5. The Morgan fingerprint density at radius 1 is 1.17 bits per heavy atom. The van der Waals surface area contributed by atoms with Crippen molar-refractivity contribution in [3.8, 4) is 17.3 Å². The molecule has 4 fully saturated rings. The number of carbonyl (C=O) groups excluding carboxylic acids is 1. The third kappa shape index (κ3) is 4.87. The number of rotatable bonds is 3. The van der Waals surface area contributed by atoms with Crippen LogP contribution in [0, 0.1) is 18.7 Å². The maximum Gasteiger partial charge on any atom is 0.407 e. The van der Waals surface area contributed by atoms with Crippen LogP contribution in [0.4, 0.5) is 19.4 Å². The quantitative estimate of drug-likeness (QED) is 0.291. The molecule has 11 nitrogen and oxygen atoms in total. The summed E-state index contributed by atoms with van der Waals surface area (Å²) in [6, 6.07) is 2.11. The average molecular weight is 659 g/mol. The molecule has 6 bridgehead atoms. The number of pyridine rings is 1. The molecule has 1 aromatic carbocycles. The van der Waals surface area contributed by atoms with E-state index < -0.39 is 29.2 Å². The Kier molecular flexibility index (Phi) is 6.83. The summed E-state index contributed by atoms with van der Waals surface area (Å²) in [6.07, 6.45) is 7.44. The molecule has 6 aliphatic rings. The molecule has 13 heteroatoms. The van der Waals surface area contributed by atoms with E-state index in [4.69, 9.17) is 24.4 Å². The van der Waals surface area contributed by atoms with Crippen LogP contribution in [0.25, 0.3) is 33.1 Å². The molecule has 252 valence electrons. The van der Waals surface area contributed by atoms with Gasteiger partial charge in [0.25, 0.3) is 0 Å². The van der Waals surface area contributed by atoms with Crippen molar-refractivity contribution in [1.29, 1.82) is 0 Å². The molecule has 4 aromatic rings. The smallest absolute Gasteiger partial charge is 0.407 e. The second kappa shape index (κ2) is 10.9. The van der Waals surface area contributed by atoms with E-state index >= 15 is 4.39 Å². The van der Waals surface area contributed by atoms with Crippen LogP contribution >= 0.6 is 0 Å². The third-order valence-electron chi connectivity index (χ3n) is 11.5. The Balaban J connectivity index is 1.22. The first-order chi connectivity index (χ1) is 23.2. The van der Waals surface area contributed by atoms with E-state index in [2.05, 4.69) is 31.4 Å². The SMILES string of the molecule is Cc1cc2[nH]ncc2c2c1[C@@H]1C[C@@H]1CCOC(=O)N[C@]1(C)CCCN(C1)c1nc(OC[C@@]34CCCN3C[C@H](F)C4)nc3c(F)c-2ncc13. The van der Waals surface area contributed by atoms with Crippen LogP contribution < -0.4 is 15.0 Å². The molecule has 3 saturated heterocycles. The Bertz CT molecular complexity index is 1950. The van der Waals surface area contributed by atoms with Gasteiger partial charge in [0.05, 0.1) is 34.8 Å². The number of piperidine rings is 1. The van der Waals surface area contributed by atoms with Gasteiger partial charge in [-0.2, -0.15) is 15.1 Å². The normalized spacial score (nSPS) is 30.2. The van der Waals surface area contributed by atoms with Gasteiger partial charge in [-0.3, -0.25) is 15.0 Å². The number of amides is 1. The van der Waals surface area contributed by atoms with Crippen molar-refractivity contribution < 1.29 is 23.0 Å². The molecule has 8 heterocycles. The second-order valence-electron chi connectivity index (χ2n) is 14.9. The zero-order valence-corrected chi connectivity index (χ0v) is 27.3. The van der Waals surface area contributed by atoms with Gasteiger partial charge in [0.15, 0.2) is 5.82 Å². The second-order valence-corrected chi connectivity index (χ2v) is 14.9. The number of alkyl carbamates (subject to hydrolysis) is 1. The molecule has 1 aliphatic carbocycles. The van der Waals surface area contributed by atoms with Gasteiger partial charge in [0.1, 0.15) is 29.8 Å². The number of ether oxygens (including phenoxy) is 2.